The topological polar surface area (TPSA) is 65.7 Å². The van der Waals surface area contributed by atoms with Gasteiger partial charge in [-0.2, -0.15) is 9.50 Å². The van der Waals surface area contributed by atoms with Crippen LogP contribution in [0, 0.1) is 0 Å². The lowest BCUT2D eigenvalue weighted by atomic mass is 10.1. The molecule has 0 fully saturated rings. The molecule has 3 heterocycles. The van der Waals surface area contributed by atoms with Crippen molar-refractivity contribution in [1.29, 1.82) is 0 Å². The van der Waals surface area contributed by atoms with Crippen LogP contribution < -0.4 is 19.6 Å². The Balaban J connectivity index is 1.49. The molecule has 1 aliphatic heterocycles. The molecule has 6 nitrogen and oxygen atoms in total. The summed E-state index contributed by atoms with van der Waals surface area (Å²) in [4.78, 5) is 17.9. The maximum Gasteiger partial charge on any atom is 0.291 e. The zero-order valence-corrected chi connectivity index (χ0v) is 16.5. The van der Waals surface area contributed by atoms with Gasteiger partial charge in [0, 0.05) is 11.1 Å². The zero-order valence-electron chi connectivity index (χ0n) is 15.7. The minimum atomic E-state index is -0.172. The highest BCUT2D eigenvalue weighted by Crippen LogP contribution is 2.26. The van der Waals surface area contributed by atoms with Crippen LogP contribution >= 0.6 is 11.3 Å². The van der Waals surface area contributed by atoms with Crippen molar-refractivity contribution in [3.8, 4) is 22.9 Å². The molecule has 7 heteroatoms. The average Bonchev–Trinajstić information content (AvgIpc) is 3.28. The van der Waals surface area contributed by atoms with Gasteiger partial charge in [-0.05, 0) is 55.0 Å². The normalized spacial score (nSPS) is 13.8. The lowest BCUT2D eigenvalue weighted by molar-refractivity contribution is 0.340. The van der Waals surface area contributed by atoms with Crippen LogP contribution in [0.1, 0.15) is 12.5 Å². The summed E-state index contributed by atoms with van der Waals surface area (Å²) in [6.45, 7) is 2.99. The SMILES string of the molecule is CCOc1ccc(-c2nc3sc(=CC4=Cc5ccccc5OC4)c(=O)n3n2)cc1. The maximum atomic E-state index is 12.8. The molecule has 0 unspecified atom stereocenters. The first-order valence-electron chi connectivity index (χ1n) is 9.28. The number of aromatic nitrogens is 3. The summed E-state index contributed by atoms with van der Waals surface area (Å²) in [7, 11) is 0. The summed E-state index contributed by atoms with van der Waals surface area (Å²) in [6, 6.07) is 15.4. The fraction of sp³-hybridized carbons (Fsp3) is 0.136. The van der Waals surface area contributed by atoms with E-state index in [2.05, 4.69) is 10.1 Å². The van der Waals surface area contributed by atoms with E-state index in [1.807, 2.05) is 67.6 Å². The molecular weight excluding hydrogens is 386 g/mol. The molecule has 0 atom stereocenters. The summed E-state index contributed by atoms with van der Waals surface area (Å²) in [5, 5.41) is 4.40. The molecule has 0 radical (unpaired) electrons. The lowest BCUT2D eigenvalue weighted by Crippen LogP contribution is -2.24. The number of para-hydroxylation sites is 1. The molecule has 0 bridgehead atoms. The molecule has 0 spiro atoms. The van der Waals surface area contributed by atoms with Crippen LogP contribution in [0.2, 0.25) is 0 Å². The van der Waals surface area contributed by atoms with Crippen LogP contribution in [-0.2, 0) is 0 Å². The number of thiazole rings is 1. The number of ether oxygens (including phenoxy) is 2. The predicted molar refractivity (Wildman–Crippen MR) is 113 cm³/mol. The Morgan fingerprint density at radius 3 is 2.83 bits per heavy atom. The smallest absolute Gasteiger partial charge is 0.291 e. The van der Waals surface area contributed by atoms with Crippen LogP contribution in [0.3, 0.4) is 0 Å². The van der Waals surface area contributed by atoms with Gasteiger partial charge < -0.3 is 9.47 Å². The molecule has 0 saturated carbocycles. The first-order valence-corrected chi connectivity index (χ1v) is 10.1. The third-order valence-electron chi connectivity index (χ3n) is 4.58. The van der Waals surface area contributed by atoms with Crippen molar-refractivity contribution in [2.75, 3.05) is 13.2 Å². The van der Waals surface area contributed by atoms with E-state index in [0.29, 0.717) is 28.5 Å². The minimum Gasteiger partial charge on any atom is -0.494 e. The van der Waals surface area contributed by atoms with Crippen molar-refractivity contribution < 1.29 is 9.47 Å². The van der Waals surface area contributed by atoms with E-state index >= 15 is 0 Å². The molecule has 0 saturated heterocycles. The van der Waals surface area contributed by atoms with Crippen LogP contribution in [0.15, 0.2) is 58.9 Å². The van der Waals surface area contributed by atoms with Gasteiger partial charge in [0.25, 0.3) is 5.56 Å². The van der Waals surface area contributed by atoms with Crippen molar-refractivity contribution in [2.45, 2.75) is 6.92 Å². The predicted octanol–water partition coefficient (Wildman–Crippen LogP) is 3.19. The molecule has 0 N–H and O–H groups in total. The van der Waals surface area contributed by atoms with Crippen molar-refractivity contribution in [1.82, 2.24) is 14.6 Å². The number of hydrogen-bond donors (Lipinski definition) is 0. The monoisotopic (exact) mass is 403 g/mol. The third-order valence-corrected chi connectivity index (χ3v) is 5.54. The summed E-state index contributed by atoms with van der Waals surface area (Å²) >= 11 is 1.33. The van der Waals surface area contributed by atoms with Gasteiger partial charge in [0.15, 0.2) is 5.82 Å². The maximum absolute atomic E-state index is 12.8. The van der Waals surface area contributed by atoms with Crippen LogP contribution in [0.5, 0.6) is 11.5 Å². The van der Waals surface area contributed by atoms with E-state index in [1.54, 1.807) is 0 Å². The molecule has 0 aliphatic carbocycles. The number of rotatable bonds is 4. The van der Waals surface area contributed by atoms with Crippen LogP contribution in [0.25, 0.3) is 28.5 Å². The van der Waals surface area contributed by atoms with Crippen molar-refractivity contribution in [3.05, 3.63) is 74.6 Å². The molecule has 2 aromatic carbocycles. The molecular formula is C22H17N3O3S. The number of benzene rings is 2. The Bertz CT molecular complexity index is 1340. The standard InChI is InChI=1S/C22H17N3O3S/c1-2-27-17-9-7-15(8-10-17)20-23-22-25(24-20)21(26)19(29-22)12-14-11-16-5-3-4-6-18(16)28-13-14/h3-12H,2,13H2,1H3. The van der Waals surface area contributed by atoms with Gasteiger partial charge in [-0.3, -0.25) is 4.79 Å². The van der Waals surface area contributed by atoms with Gasteiger partial charge in [-0.15, -0.1) is 5.10 Å². The Labute approximate surface area is 170 Å². The second-order valence-electron chi connectivity index (χ2n) is 6.55. The molecule has 144 valence electrons. The average molecular weight is 403 g/mol. The Morgan fingerprint density at radius 1 is 1.21 bits per heavy atom. The first-order chi connectivity index (χ1) is 14.2. The molecule has 0 amide bonds. The third kappa shape index (κ3) is 3.30. The molecule has 4 aromatic rings. The summed E-state index contributed by atoms with van der Waals surface area (Å²) in [5.74, 6) is 2.18. The summed E-state index contributed by atoms with van der Waals surface area (Å²) in [5.41, 5.74) is 2.62. The van der Waals surface area contributed by atoms with E-state index in [9.17, 15) is 4.79 Å². The second-order valence-corrected chi connectivity index (χ2v) is 7.56. The van der Waals surface area contributed by atoms with Gasteiger partial charge in [-0.25, -0.2) is 0 Å². The van der Waals surface area contributed by atoms with Gasteiger partial charge in [0.05, 0.1) is 11.1 Å². The van der Waals surface area contributed by atoms with E-state index in [1.165, 1.54) is 15.9 Å². The van der Waals surface area contributed by atoms with E-state index in [0.717, 1.165) is 28.2 Å². The van der Waals surface area contributed by atoms with E-state index < -0.39 is 0 Å². The molecule has 1 aliphatic rings. The highest BCUT2D eigenvalue weighted by atomic mass is 32.1. The zero-order chi connectivity index (χ0) is 19.8. The Morgan fingerprint density at radius 2 is 2.03 bits per heavy atom. The fourth-order valence-electron chi connectivity index (χ4n) is 3.21. The lowest BCUT2D eigenvalue weighted by Gasteiger charge is -2.15. The van der Waals surface area contributed by atoms with Gasteiger partial charge in [0.2, 0.25) is 4.96 Å². The van der Waals surface area contributed by atoms with Gasteiger partial charge in [-0.1, -0.05) is 29.5 Å². The number of fused-ring (bicyclic) bond motifs is 2. The van der Waals surface area contributed by atoms with Crippen molar-refractivity contribution in [3.63, 3.8) is 0 Å². The number of hydrogen-bond acceptors (Lipinski definition) is 6. The first kappa shape index (κ1) is 17.6. The van der Waals surface area contributed by atoms with Crippen molar-refractivity contribution in [2.24, 2.45) is 0 Å². The highest BCUT2D eigenvalue weighted by Gasteiger charge is 2.14. The van der Waals surface area contributed by atoms with Gasteiger partial charge in [0.1, 0.15) is 18.1 Å². The highest BCUT2D eigenvalue weighted by molar-refractivity contribution is 7.15. The largest absolute Gasteiger partial charge is 0.494 e. The Kier molecular flexibility index (Phi) is 4.37. The molecule has 29 heavy (non-hydrogen) atoms. The summed E-state index contributed by atoms with van der Waals surface area (Å²) in [6.07, 6.45) is 3.90. The molecule has 5 rings (SSSR count). The number of nitrogens with zero attached hydrogens (tertiary/aromatic N) is 3. The quantitative estimate of drug-likeness (QED) is 0.524. The Hall–Kier alpha value is -3.45. The second kappa shape index (κ2) is 7.18. The van der Waals surface area contributed by atoms with Gasteiger partial charge >= 0.3 is 0 Å². The fourth-order valence-corrected chi connectivity index (χ4v) is 4.13. The van der Waals surface area contributed by atoms with E-state index in [4.69, 9.17) is 9.47 Å². The van der Waals surface area contributed by atoms with Crippen LogP contribution in [-0.4, -0.2) is 27.8 Å². The molecule has 2 aromatic heterocycles. The van der Waals surface area contributed by atoms with E-state index in [-0.39, 0.29) is 5.56 Å². The summed E-state index contributed by atoms with van der Waals surface area (Å²) < 4.78 is 13.2. The minimum absolute atomic E-state index is 0.172. The van der Waals surface area contributed by atoms with Crippen LogP contribution in [0.4, 0.5) is 0 Å². The van der Waals surface area contributed by atoms with Crippen molar-refractivity contribution >= 4 is 28.4 Å².